The third-order valence-corrected chi connectivity index (χ3v) is 7.19. The third-order valence-electron chi connectivity index (χ3n) is 7.19. The number of piperidine rings is 1. The molecule has 2 heterocycles. The monoisotopic (exact) mass is 538 g/mol. The van der Waals surface area contributed by atoms with Gasteiger partial charge >= 0.3 is 0 Å². The van der Waals surface area contributed by atoms with Crippen molar-refractivity contribution in [2.24, 2.45) is 5.92 Å². The average Bonchev–Trinajstić information content (AvgIpc) is 2.96. The largest absolute Gasteiger partial charge is 0.369 e. The van der Waals surface area contributed by atoms with Crippen LogP contribution in [0, 0.1) is 40.9 Å². The van der Waals surface area contributed by atoms with Crippen LogP contribution in [0.1, 0.15) is 42.4 Å². The van der Waals surface area contributed by atoms with E-state index in [9.17, 15) is 10.5 Å². The Morgan fingerprint density at radius 2 is 1.64 bits per heavy atom. The van der Waals surface area contributed by atoms with Crippen LogP contribution in [0.15, 0.2) is 60.7 Å². The summed E-state index contributed by atoms with van der Waals surface area (Å²) >= 11 is 0. The second kappa shape index (κ2) is 14.8. The van der Waals surface area contributed by atoms with Gasteiger partial charge in [0, 0.05) is 25.7 Å². The van der Waals surface area contributed by atoms with Crippen molar-refractivity contribution < 1.29 is 0 Å². The minimum atomic E-state index is 0. The zero-order valence-corrected chi connectivity index (χ0v) is 23.3. The van der Waals surface area contributed by atoms with Crippen LogP contribution >= 0.6 is 12.4 Å². The fourth-order valence-electron chi connectivity index (χ4n) is 5.17. The number of terminal acetylenes is 1. The highest BCUT2D eigenvalue weighted by Crippen LogP contribution is 2.36. The maximum atomic E-state index is 10.1. The lowest BCUT2D eigenvalue weighted by Gasteiger charge is -2.32. The van der Waals surface area contributed by atoms with Gasteiger partial charge in [-0.25, -0.2) is 4.98 Å². The first-order chi connectivity index (χ1) is 18.6. The molecule has 0 amide bonds. The number of rotatable bonds is 10. The van der Waals surface area contributed by atoms with Gasteiger partial charge in [-0.1, -0.05) is 66.6 Å². The van der Waals surface area contributed by atoms with E-state index < -0.39 is 0 Å². The van der Waals surface area contributed by atoms with Gasteiger partial charge in [-0.05, 0) is 55.8 Å². The summed E-state index contributed by atoms with van der Waals surface area (Å²) < 4.78 is 0. The summed E-state index contributed by atoms with van der Waals surface area (Å²) in [5.41, 5.74) is 3.53. The summed E-state index contributed by atoms with van der Waals surface area (Å²) in [4.78, 5) is 9.04. The van der Waals surface area contributed by atoms with Crippen molar-refractivity contribution in [2.75, 3.05) is 43.4 Å². The molecule has 6 nitrogen and oxygen atoms in total. The van der Waals surface area contributed by atoms with Crippen LogP contribution < -0.4 is 10.2 Å². The molecule has 1 fully saturated rings. The molecule has 200 valence electrons. The Kier molecular flexibility index (Phi) is 11.2. The van der Waals surface area contributed by atoms with E-state index in [2.05, 4.69) is 58.6 Å². The summed E-state index contributed by atoms with van der Waals surface area (Å²) in [5.74, 6) is 4.32. The second-order valence-corrected chi connectivity index (χ2v) is 9.83. The number of benzene rings is 2. The summed E-state index contributed by atoms with van der Waals surface area (Å²) in [7, 11) is 1.82. The molecular formula is C32H35ClN6. The number of anilines is 2. The Morgan fingerprint density at radius 3 is 2.26 bits per heavy atom. The van der Waals surface area contributed by atoms with E-state index in [0.29, 0.717) is 47.3 Å². The Balaban J connectivity index is 0.00000420. The van der Waals surface area contributed by atoms with Gasteiger partial charge in [0.1, 0.15) is 34.9 Å². The number of hydrogen-bond donors (Lipinski definition) is 1. The smallest absolute Gasteiger partial charge is 0.150 e. The van der Waals surface area contributed by atoms with Crippen LogP contribution in [-0.4, -0.2) is 43.1 Å². The van der Waals surface area contributed by atoms with Gasteiger partial charge in [-0.15, -0.1) is 18.8 Å². The van der Waals surface area contributed by atoms with Crippen LogP contribution in [0.2, 0.25) is 0 Å². The second-order valence-electron chi connectivity index (χ2n) is 9.83. The number of nitriles is 2. The quantitative estimate of drug-likeness (QED) is 0.249. The molecule has 0 bridgehead atoms. The van der Waals surface area contributed by atoms with Gasteiger partial charge in [-0.3, -0.25) is 4.90 Å². The average molecular weight is 539 g/mol. The minimum absolute atomic E-state index is 0. The highest BCUT2D eigenvalue weighted by Gasteiger charge is 2.23. The highest BCUT2D eigenvalue weighted by atomic mass is 35.5. The SMILES string of the molecule is C#CCN(C)c1nc(NCCCC2CCN(Cc3ccccc3)CC2)c(C#N)c(-c2ccccc2)c1C#N.Cl. The Morgan fingerprint density at radius 1 is 1.00 bits per heavy atom. The first-order valence-electron chi connectivity index (χ1n) is 13.2. The fourth-order valence-corrected chi connectivity index (χ4v) is 5.17. The van der Waals surface area contributed by atoms with Crippen LogP contribution in [0.25, 0.3) is 11.1 Å². The van der Waals surface area contributed by atoms with E-state index in [1.165, 1.54) is 18.4 Å². The van der Waals surface area contributed by atoms with Gasteiger partial charge in [0.25, 0.3) is 0 Å². The predicted octanol–water partition coefficient (Wildman–Crippen LogP) is 6.09. The van der Waals surface area contributed by atoms with Crippen molar-refractivity contribution in [1.82, 2.24) is 9.88 Å². The molecule has 0 aliphatic carbocycles. The number of likely N-dealkylation sites (tertiary alicyclic amines) is 1. The Bertz CT molecular complexity index is 1330. The Hall–Kier alpha value is -4.02. The molecule has 1 N–H and O–H groups in total. The molecule has 3 aromatic rings. The van der Waals surface area contributed by atoms with Crippen molar-refractivity contribution >= 4 is 24.0 Å². The minimum Gasteiger partial charge on any atom is -0.369 e. The van der Waals surface area contributed by atoms with Crippen LogP contribution in [0.3, 0.4) is 0 Å². The molecule has 0 radical (unpaired) electrons. The van der Waals surface area contributed by atoms with Gasteiger partial charge in [0.15, 0.2) is 0 Å². The van der Waals surface area contributed by atoms with Crippen molar-refractivity contribution in [3.8, 4) is 35.6 Å². The third kappa shape index (κ3) is 7.52. The van der Waals surface area contributed by atoms with Crippen LogP contribution in [0.5, 0.6) is 0 Å². The molecular weight excluding hydrogens is 504 g/mol. The standard InChI is InChI=1S/C32H34N6.ClH/c1-3-19-37(2)32-29(23-34)30(27-14-8-5-9-15-27)28(22-33)31(36-32)35-18-10-13-25-16-20-38(21-17-25)24-26-11-6-4-7-12-26;/h1,4-9,11-12,14-15,25H,10,13,16-21,24H2,2H3,(H,35,36);1H. The zero-order chi connectivity index (χ0) is 26.7. The van der Waals surface area contributed by atoms with Crippen molar-refractivity contribution in [2.45, 2.75) is 32.2 Å². The molecule has 2 aromatic carbocycles. The summed E-state index contributed by atoms with van der Waals surface area (Å²) in [5, 5.41) is 23.6. The number of aromatic nitrogens is 1. The molecule has 1 aromatic heterocycles. The van der Waals surface area contributed by atoms with Crippen LogP contribution in [-0.2, 0) is 6.54 Å². The van der Waals surface area contributed by atoms with Gasteiger partial charge in [0.05, 0.1) is 6.54 Å². The summed E-state index contributed by atoms with van der Waals surface area (Å²) in [6.45, 7) is 4.31. The number of hydrogen-bond acceptors (Lipinski definition) is 6. The fraction of sp³-hybridized carbons (Fsp3) is 0.344. The van der Waals surface area contributed by atoms with Crippen molar-refractivity contribution in [1.29, 1.82) is 10.5 Å². The first-order valence-corrected chi connectivity index (χ1v) is 13.2. The maximum Gasteiger partial charge on any atom is 0.150 e. The lowest BCUT2D eigenvalue weighted by Crippen LogP contribution is -2.33. The summed E-state index contributed by atoms with van der Waals surface area (Å²) in [6.07, 6.45) is 10.1. The molecule has 7 heteroatoms. The molecule has 39 heavy (non-hydrogen) atoms. The Labute approximate surface area is 238 Å². The molecule has 1 aliphatic rings. The van der Waals surface area contributed by atoms with Gasteiger partial charge in [-0.2, -0.15) is 10.5 Å². The van der Waals surface area contributed by atoms with Crippen LogP contribution in [0.4, 0.5) is 11.6 Å². The first kappa shape index (κ1) is 29.5. The normalized spacial score (nSPS) is 13.4. The topological polar surface area (TPSA) is 79.0 Å². The lowest BCUT2D eigenvalue weighted by atomic mass is 9.92. The van der Waals surface area contributed by atoms with Gasteiger partial charge < -0.3 is 10.2 Å². The molecule has 0 spiro atoms. The van der Waals surface area contributed by atoms with E-state index in [-0.39, 0.29) is 12.4 Å². The van der Waals surface area contributed by atoms with E-state index in [1.54, 1.807) is 4.90 Å². The summed E-state index contributed by atoms with van der Waals surface area (Å²) in [6, 6.07) is 24.8. The van der Waals surface area contributed by atoms with E-state index in [0.717, 1.165) is 38.0 Å². The zero-order valence-electron chi connectivity index (χ0n) is 22.4. The maximum absolute atomic E-state index is 10.1. The number of halogens is 1. The van der Waals surface area contributed by atoms with E-state index in [1.807, 2.05) is 37.4 Å². The van der Waals surface area contributed by atoms with E-state index in [4.69, 9.17) is 11.4 Å². The molecule has 4 rings (SSSR count). The number of pyridine rings is 1. The molecule has 1 aliphatic heterocycles. The predicted molar refractivity (Wildman–Crippen MR) is 161 cm³/mol. The molecule has 0 saturated carbocycles. The highest BCUT2D eigenvalue weighted by molar-refractivity contribution is 5.86. The van der Waals surface area contributed by atoms with Crippen molar-refractivity contribution in [3.05, 3.63) is 77.4 Å². The lowest BCUT2D eigenvalue weighted by molar-refractivity contribution is 0.171. The van der Waals surface area contributed by atoms with E-state index >= 15 is 0 Å². The number of nitrogens with zero attached hydrogens (tertiary/aromatic N) is 5. The van der Waals surface area contributed by atoms with Crippen molar-refractivity contribution in [3.63, 3.8) is 0 Å². The number of nitrogens with one attached hydrogen (secondary N) is 1. The molecule has 0 unspecified atom stereocenters. The van der Waals surface area contributed by atoms with Gasteiger partial charge in [0.2, 0.25) is 0 Å². The molecule has 0 atom stereocenters. The molecule has 1 saturated heterocycles.